The number of thiazole rings is 1. The highest BCUT2D eigenvalue weighted by Crippen LogP contribution is 2.38. The molecule has 3 rings (SSSR count). The Balaban J connectivity index is 2.17. The van der Waals surface area contributed by atoms with Crippen molar-refractivity contribution >= 4 is 22.9 Å². The van der Waals surface area contributed by atoms with E-state index in [-0.39, 0.29) is 0 Å². The van der Waals surface area contributed by atoms with Gasteiger partial charge in [0.15, 0.2) is 0 Å². The largest absolute Gasteiger partial charge is 0.493 e. The number of fused-ring (bicyclic) bond motifs is 3. The molecular formula is C13H9ClN2OS. The molecule has 90 valence electrons. The molecule has 0 aliphatic carbocycles. The second-order valence-corrected chi connectivity index (χ2v) is 5.56. The highest BCUT2D eigenvalue weighted by Gasteiger charge is 2.20. The molecule has 1 aromatic heterocycles. The van der Waals surface area contributed by atoms with Crippen LogP contribution in [0.15, 0.2) is 18.2 Å². The van der Waals surface area contributed by atoms with Crippen LogP contribution in [-0.2, 0) is 12.8 Å². The fourth-order valence-electron chi connectivity index (χ4n) is 1.99. The maximum Gasteiger partial charge on any atom is 0.128 e. The summed E-state index contributed by atoms with van der Waals surface area (Å²) in [6.07, 6.45) is 1.18. The van der Waals surface area contributed by atoms with Crippen LogP contribution in [0.4, 0.5) is 0 Å². The number of hydrogen-bond acceptors (Lipinski definition) is 4. The molecule has 0 N–H and O–H groups in total. The van der Waals surface area contributed by atoms with Gasteiger partial charge in [-0.05, 0) is 18.2 Å². The van der Waals surface area contributed by atoms with Crippen LogP contribution in [0.5, 0.6) is 5.75 Å². The lowest BCUT2D eigenvalue weighted by Crippen LogP contribution is -1.97. The summed E-state index contributed by atoms with van der Waals surface area (Å²) >= 11 is 7.62. The molecule has 0 radical (unpaired) electrons. The van der Waals surface area contributed by atoms with Gasteiger partial charge in [-0.3, -0.25) is 0 Å². The minimum absolute atomic E-state index is 0.356. The van der Waals surface area contributed by atoms with Gasteiger partial charge in [0.2, 0.25) is 0 Å². The van der Waals surface area contributed by atoms with Crippen molar-refractivity contribution in [1.29, 1.82) is 5.26 Å². The molecular weight excluding hydrogens is 268 g/mol. The van der Waals surface area contributed by atoms with Crippen molar-refractivity contribution in [2.45, 2.75) is 12.8 Å². The molecule has 1 aliphatic heterocycles. The Morgan fingerprint density at radius 2 is 2.39 bits per heavy atom. The molecule has 0 saturated carbocycles. The zero-order valence-corrected chi connectivity index (χ0v) is 11.0. The van der Waals surface area contributed by atoms with E-state index in [1.807, 2.05) is 18.2 Å². The van der Waals surface area contributed by atoms with Crippen LogP contribution < -0.4 is 4.74 Å². The van der Waals surface area contributed by atoms with E-state index in [9.17, 15) is 0 Å². The lowest BCUT2D eigenvalue weighted by atomic mass is 10.1. The van der Waals surface area contributed by atoms with E-state index in [2.05, 4.69) is 11.1 Å². The number of halogens is 1. The summed E-state index contributed by atoms with van der Waals surface area (Å²) in [4.78, 5) is 5.71. The molecule has 3 nitrogen and oxygen atoms in total. The third kappa shape index (κ3) is 1.96. The van der Waals surface area contributed by atoms with Crippen LogP contribution in [0, 0.1) is 11.3 Å². The zero-order valence-electron chi connectivity index (χ0n) is 9.44. The van der Waals surface area contributed by atoms with E-state index < -0.39 is 0 Å². The molecule has 0 fully saturated rings. The van der Waals surface area contributed by atoms with Crippen molar-refractivity contribution in [3.8, 4) is 23.1 Å². The van der Waals surface area contributed by atoms with Crippen LogP contribution >= 0.6 is 22.9 Å². The second-order valence-electron chi connectivity index (χ2n) is 3.95. The number of nitrogens with zero attached hydrogens (tertiary/aromatic N) is 2. The summed E-state index contributed by atoms with van der Waals surface area (Å²) in [6, 6.07) is 7.69. The molecule has 1 aliphatic rings. The minimum atomic E-state index is 0.356. The van der Waals surface area contributed by atoms with E-state index in [1.54, 1.807) is 11.3 Å². The summed E-state index contributed by atoms with van der Waals surface area (Å²) in [5, 5.41) is 10.3. The Hall–Kier alpha value is -1.57. The smallest absolute Gasteiger partial charge is 0.128 e. The Morgan fingerprint density at radius 3 is 3.22 bits per heavy atom. The van der Waals surface area contributed by atoms with Crippen LogP contribution in [0.3, 0.4) is 0 Å². The number of hydrogen-bond donors (Lipinski definition) is 0. The topological polar surface area (TPSA) is 45.9 Å². The first-order chi connectivity index (χ1) is 8.78. The maximum atomic E-state index is 8.75. The van der Waals surface area contributed by atoms with Gasteiger partial charge in [-0.2, -0.15) is 5.26 Å². The fourth-order valence-corrected chi connectivity index (χ4v) is 3.16. The van der Waals surface area contributed by atoms with Crippen LogP contribution in [0.1, 0.15) is 9.88 Å². The third-order valence-electron chi connectivity index (χ3n) is 2.76. The van der Waals surface area contributed by atoms with Crippen LogP contribution in [0.25, 0.3) is 11.3 Å². The second kappa shape index (κ2) is 4.60. The zero-order chi connectivity index (χ0) is 12.5. The summed E-state index contributed by atoms with van der Waals surface area (Å²) in [7, 11) is 0. The highest BCUT2D eigenvalue weighted by molar-refractivity contribution is 7.12. The quantitative estimate of drug-likeness (QED) is 0.801. The molecule has 0 unspecified atom stereocenters. The average Bonchev–Trinajstić information content (AvgIpc) is 2.67. The Kier molecular flexibility index (Phi) is 2.94. The van der Waals surface area contributed by atoms with E-state index in [0.29, 0.717) is 18.1 Å². The Bertz CT molecular complexity index is 645. The third-order valence-corrected chi connectivity index (χ3v) is 4.11. The van der Waals surface area contributed by atoms with Crippen molar-refractivity contribution in [2.75, 3.05) is 6.61 Å². The van der Waals surface area contributed by atoms with E-state index >= 15 is 0 Å². The molecule has 0 saturated heterocycles. The lowest BCUT2D eigenvalue weighted by molar-refractivity contribution is 0.327. The van der Waals surface area contributed by atoms with Gasteiger partial charge in [0.05, 0.1) is 24.8 Å². The average molecular weight is 277 g/mol. The SMILES string of the molecule is N#CCc1nc2c(s1)CCOc1ccc(Cl)cc1-2. The van der Waals surface area contributed by atoms with Gasteiger partial charge in [-0.1, -0.05) is 11.6 Å². The van der Waals surface area contributed by atoms with Crippen LogP contribution in [-0.4, -0.2) is 11.6 Å². The van der Waals surface area contributed by atoms with Crippen molar-refractivity contribution in [2.24, 2.45) is 0 Å². The van der Waals surface area contributed by atoms with E-state index in [0.717, 1.165) is 28.4 Å². The van der Waals surface area contributed by atoms with Gasteiger partial charge in [-0.25, -0.2) is 4.98 Å². The Morgan fingerprint density at radius 1 is 1.50 bits per heavy atom. The predicted molar refractivity (Wildman–Crippen MR) is 71.1 cm³/mol. The van der Waals surface area contributed by atoms with Crippen molar-refractivity contribution in [3.63, 3.8) is 0 Å². The first-order valence-corrected chi connectivity index (χ1v) is 6.75. The van der Waals surface area contributed by atoms with Crippen LogP contribution in [0.2, 0.25) is 5.02 Å². The number of rotatable bonds is 1. The van der Waals surface area contributed by atoms with Crippen molar-refractivity contribution < 1.29 is 4.74 Å². The number of nitriles is 1. The van der Waals surface area contributed by atoms with Crippen molar-refractivity contribution in [1.82, 2.24) is 4.98 Å². The van der Waals surface area contributed by atoms with Gasteiger partial charge in [0.25, 0.3) is 0 Å². The first-order valence-electron chi connectivity index (χ1n) is 5.56. The standard InChI is InChI=1S/C13H9ClN2OS/c14-8-1-2-10-9(7-8)13-11(4-6-17-10)18-12(16-13)3-5-15/h1-2,7H,3-4,6H2. The van der Waals surface area contributed by atoms with Gasteiger partial charge in [0.1, 0.15) is 10.8 Å². The minimum Gasteiger partial charge on any atom is -0.493 e. The van der Waals surface area contributed by atoms with E-state index in [4.69, 9.17) is 21.6 Å². The molecule has 1 aromatic carbocycles. The highest BCUT2D eigenvalue weighted by atomic mass is 35.5. The number of aromatic nitrogens is 1. The van der Waals surface area contributed by atoms with Gasteiger partial charge < -0.3 is 4.74 Å². The monoisotopic (exact) mass is 276 g/mol. The normalized spacial score (nSPS) is 12.9. The molecule has 0 amide bonds. The number of ether oxygens (including phenoxy) is 1. The fraction of sp³-hybridized carbons (Fsp3) is 0.231. The summed E-state index contributed by atoms with van der Waals surface area (Å²) in [5.74, 6) is 0.812. The molecule has 2 aromatic rings. The predicted octanol–water partition coefficient (Wildman–Crippen LogP) is 3.46. The maximum absolute atomic E-state index is 8.75. The van der Waals surface area contributed by atoms with E-state index in [1.165, 1.54) is 4.88 Å². The number of benzene rings is 1. The van der Waals surface area contributed by atoms with Gasteiger partial charge in [0, 0.05) is 21.9 Å². The summed E-state index contributed by atoms with van der Waals surface area (Å²) < 4.78 is 5.69. The molecule has 0 bridgehead atoms. The van der Waals surface area contributed by atoms with Gasteiger partial charge in [-0.15, -0.1) is 11.3 Å². The van der Waals surface area contributed by atoms with Gasteiger partial charge >= 0.3 is 0 Å². The molecule has 18 heavy (non-hydrogen) atoms. The Labute approximate surface area is 114 Å². The molecule has 0 spiro atoms. The lowest BCUT2D eigenvalue weighted by Gasteiger charge is -2.06. The molecule has 5 heteroatoms. The first kappa shape index (κ1) is 11.5. The summed E-state index contributed by atoms with van der Waals surface area (Å²) in [6.45, 7) is 0.635. The summed E-state index contributed by atoms with van der Waals surface area (Å²) in [5.41, 5.74) is 1.84. The molecule has 2 heterocycles. The molecule has 0 atom stereocenters. The van der Waals surface area contributed by atoms with Crippen molar-refractivity contribution in [3.05, 3.63) is 33.1 Å².